The minimum atomic E-state index is -1.06. The number of aliphatic hydroxyl groups is 2. The molecule has 2 aliphatic rings. The molecule has 34 heavy (non-hydrogen) atoms. The number of anilines is 1. The van der Waals surface area contributed by atoms with E-state index in [4.69, 9.17) is 15.5 Å². The van der Waals surface area contributed by atoms with Gasteiger partial charge in [-0.15, -0.1) is 5.10 Å². The van der Waals surface area contributed by atoms with Gasteiger partial charge in [-0.05, 0) is 36.3 Å². The molecule has 2 fully saturated rings. The molecule has 3 aromatic rings. The van der Waals surface area contributed by atoms with E-state index in [0.29, 0.717) is 34.5 Å². The Hall–Kier alpha value is -2.92. The van der Waals surface area contributed by atoms with Gasteiger partial charge in [-0.1, -0.05) is 59.3 Å². The molecule has 0 bridgehead atoms. The van der Waals surface area contributed by atoms with E-state index >= 15 is 0 Å². The summed E-state index contributed by atoms with van der Waals surface area (Å²) in [6, 6.07) is 10.1. The van der Waals surface area contributed by atoms with Gasteiger partial charge >= 0.3 is 0 Å². The van der Waals surface area contributed by atoms with Crippen molar-refractivity contribution in [2.45, 2.75) is 61.6 Å². The molecule has 3 N–H and O–H groups in total. The zero-order chi connectivity index (χ0) is 23.7. The van der Waals surface area contributed by atoms with Gasteiger partial charge in [0.1, 0.15) is 6.10 Å². The van der Waals surface area contributed by atoms with Crippen molar-refractivity contribution in [1.29, 1.82) is 0 Å². The summed E-state index contributed by atoms with van der Waals surface area (Å²) in [5, 5.41) is 37.6. The smallest absolute Gasteiger partial charge is 0.191 e. The molecule has 12 heteroatoms. The number of hydrogen-bond acceptors (Lipinski definition) is 9. The lowest BCUT2D eigenvalue weighted by molar-refractivity contribution is 0.00625. The number of aliphatic hydroxyl groups excluding tert-OH is 2. The molecule has 0 radical (unpaired) electrons. The zero-order valence-electron chi connectivity index (χ0n) is 18.8. The molecule has 6 atom stereocenters. The predicted octanol–water partition coefficient (Wildman–Crippen LogP) is 3.28. The molecular weight excluding hydrogens is 454 g/mol. The Labute approximate surface area is 200 Å². The molecule has 2 aliphatic carbocycles. The molecule has 178 valence electrons. The first-order valence-corrected chi connectivity index (χ1v) is 12.5. The number of nitrogens with one attached hydrogen (secondary N) is 1. The summed E-state index contributed by atoms with van der Waals surface area (Å²) in [6.45, 7) is 2.21. The normalized spacial score (nSPS) is 28.1. The Balaban J connectivity index is 1.45. The Morgan fingerprint density at radius 1 is 1.21 bits per heavy atom. The van der Waals surface area contributed by atoms with Crippen molar-refractivity contribution in [1.82, 2.24) is 25.0 Å². The molecule has 2 heterocycles. The van der Waals surface area contributed by atoms with Crippen LogP contribution in [-0.2, 0) is 0 Å². The number of fused-ring (bicyclic) bond motifs is 1. The van der Waals surface area contributed by atoms with E-state index < -0.39 is 18.2 Å². The van der Waals surface area contributed by atoms with E-state index in [1.165, 1.54) is 5.56 Å². The summed E-state index contributed by atoms with van der Waals surface area (Å²) >= 11 is 1.56. The largest absolute Gasteiger partial charge is 0.390 e. The van der Waals surface area contributed by atoms with Gasteiger partial charge in [0, 0.05) is 29.2 Å². The van der Waals surface area contributed by atoms with E-state index in [2.05, 4.69) is 56.8 Å². The van der Waals surface area contributed by atoms with Crippen LogP contribution < -0.4 is 5.32 Å². The fourth-order valence-corrected chi connectivity index (χ4v) is 5.35. The van der Waals surface area contributed by atoms with Crippen LogP contribution in [0.25, 0.3) is 21.6 Å². The van der Waals surface area contributed by atoms with Gasteiger partial charge in [-0.3, -0.25) is 0 Å². The maximum absolute atomic E-state index is 10.7. The second-order valence-electron chi connectivity index (χ2n) is 8.87. The highest BCUT2D eigenvalue weighted by Crippen LogP contribution is 2.43. The highest BCUT2D eigenvalue weighted by atomic mass is 32.2. The van der Waals surface area contributed by atoms with Gasteiger partial charge in [0.2, 0.25) is 0 Å². The topological polar surface area (TPSA) is 158 Å². The van der Waals surface area contributed by atoms with Gasteiger partial charge in [-0.2, -0.15) is 0 Å². The van der Waals surface area contributed by atoms with Crippen molar-refractivity contribution in [2.24, 2.45) is 11.0 Å². The molecule has 2 aromatic heterocycles. The van der Waals surface area contributed by atoms with E-state index in [-0.39, 0.29) is 18.5 Å². The molecule has 1 aromatic carbocycles. The van der Waals surface area contributed by atoms with Gasteiger partial charge < -0.3 is 15.5 Å². The first kappa shape index (κ1) is 22.9. The fraction of sp³-hybridized carbons (Fsp3) is 0.545. The van der Waals surface area contributed by atoms with E-state index in [0.717, 1.165) is 18.6 Å². The lowest BCUT2D eigenvalue weighted by atomic mass is 10.1. The average Bonchev–Trinajstić information content (AvgIpc) is 3.41. The van der Waals surface area contributed by atoms with Crippen molar-refractivity contribution in [2.75, 3.05) is 17.6 Å². The molecule has 0 amide bonds. The lowest BCUT2D eigenvalue weighted by Gasteiger charge is -2.17. The van der Waals surface area contributed by atoms with Crippen LogP contribution in [-0.4, -0.2) is 65.7 Å². The van der Waals surface area contributed by atoms with Crippen LogP contribution in [0.2, 0.25) is 0 Å². The number of azide groups is 1. The van der Waals surface area contributed by atoms with Crippen molar-refractivity contribution in [3.05, 3.63) is 46.3 Å². The first-order chi connectivity index (χ1) is 16.6. The molecule has 2 saturated carbocycles. The van der Waals surface area contributed by atoms with Crippen molar-refractivity contribution in [3.63, 3.8) is 0 Å². The minimum absolute atomic E-state index is 0.111. The Morgan fingerprint density at radius 3 is 2.79 bits per heavy atom. The monoisotopic (exact) mass is 481 g/mol. The third-order valence-electron chi connectivity index (χ3n) is 6.54. The summed E-state index contributed by atoms with van der Waals surface area (Å²) < 4.78 is 1.59. The Morgan fingerprint density at radius 2 is 2.03 bits per heavy atom. The summed E-state index contributed by atoms with van der Waals surface area (Å²) in [5.41, 5.74) is 11.0. The number of benzene rings is 1. The maximum atomic E-state index is 10.7. The van der Waals surface area contributed by atoms with Crippen LogP contribution in [0.5, 0.6) is 0 Å². The van der Waals surface area contributed by atoms with Gasteiger partial charge in [0.05, 0.1) is 12.1 Å². The highest BCUT2D eigenvalue weighted by molar-refractivity contribution is 7.99. The predicted molar refractivity (Wildman–Crippen MR) is 129 cm³/mol. The second kappa shape index (κ2) is 9.75. The van der Waals surface area contributed by atoms with Gasteiger partial charge in [-0.25, -0.2) is 14.6 Å². The molecule has 2 unspecified atom stereocenters. The molecular formula is C22H27N9O2S. The lowest BCUT2D eigenvalue weighted by Crippen LogP contribution is -2.30. The number of rotatable bonds is 9. The number of nitrogens with zero attached hydrogens (tertiary/aromatic N) is 8. The van der Waals surface area contributed by atoms with E-state index in [9.17, 15) is 10.2 Å². The third-order valence-corrected chi connectivity index (χ3v) is 7.60. The third kappa shape index (κ3) is 4.41. The Bertz CT molecular complexity index is 1200. The molecule has 0 aliphatic heterocycles. The van der Waals surface area contributed by atoms with E-state index in [1.807, 2.05) is 6.07 Å². The number of thioether (sulfide) groups is 1. The molecule has 0 spiro atoms. The first-order valence-electron chi connectivity index (χ1n) is 11.5. The number of aromatic nitrogens is 5. The van der Waals surface area contributed by atoms with Crippen LogP contribution in [0.3, 0.4) is 0 Å². The van der Waals surface area contributed by atoms with Crippen LogP contribution in [0.1, 0.15) is 43.7 Å². The van der Waals surface area contributed by atoms with E-state index in [1.54, 1.807) is 16.4 Å². The standard InChI is InChI=1S/C22H27N9O2S/c1-2-8-34-22-26-20(25-15-10-14(15)12-6-4-3-5-7-12)17-21(27-22)31(30-28-17)16-9-13(11-24-29-23)18(32)19(16)33/h3-7,13-16,18-19,32-33H,2,8-11H2,1H3,(H,25,26,27)/t13-,14?,15?,16-,18-,19+/m1/s1. The van der Waals surface area contributed by atoms with Crippen LogP contribution >= 0.6 is 11.8 Å². The minimum Gasteiger partial charge on any atom is -0.390 e. The fourth-order valence-electron chi connectivity index (χ4n) is 4.65. The summed E-state index contributed by atoms with van der Waals surface area (Å²) in [4.78, 5) is 12.2. The molecule has 0 saturated heterocycles. The molecule has 11 nitrogen and oxygen atoms in total. The summed E-state index contributed by atoms with van der Waals surface area (Å²) in [7, 11) is 0. The molecule has 5 rings (SSSR count). The Kier molecular flexibility index (Phi) is 6.55. The summed E-state index contributed by atoms with van der Waals surface area (Å²) in [5.74, 6) is 1.57. The van der Waals surface area contributed by atoms with Crippen molar-refractivity contribution in [3.8, 4) is 0 Å². The van der Waals surface area contributed by atoms with Crippen LogP contribution in [0, 0.1) is 5.92 Å². The van der Waals surface area contributed by atoms with Crippen LogP contribution in [0.4, 0.5) is 5.82 Å². The second-order valence-corrected chi connectivity index (χ2v) is 9.93. The van der Waals surface area contributed by atoms with Crippen LogP contribution in [0.15, 0.2) is 40.6 Å². The number of hydrogen-bond donors (Lipinski definition) is 3. The van der Waals surface area contributed by atoms with Gasteiger partial charge in [0.25, 0.3) is 0 Å². The summed E-state index contributed by atoms with van der Waals surface area (Å²) in [6.07, 6.45) is 0.326. The average molecular weight is 482 g/mol. The maximum Gasteiger partial charge on any atom is 0.191 e. The quantitative estimate of drug-likeness (QED) is 0.138. The van der Waals surface area contributed by atoms with Gasteiger partial charge in [0.15, 0.2) is 22.1 Å². The highest BCUT2D eigenvalue weighted by Gasteiger charge is 2.44. The SMILES string of the molecule is CCCSc1nc(NC2CC2c2ccccc2)c2nnn([C@@H]3C[C@H](CN=[N+]=[N-])[C@@H](O)[C@H]3O)c2n1. The van der Waals surface area contributed by atoms with Crippen molar-refractivity contribution >= 4 is 28.7 Å². The zero-order valence-corrected chi connectivity index (χ0v) is 19.6. The van der Waals surface area contributed by atoms with Crippen molar-refractivity contribution < 1.29 is 10.2 Å².